The average Bonchev–Trinajstić information content (AvgIpc) is 2.71. The number of halogens is 1. The Morgan fingerprint density at radius 3 is 3.00 bits per heavy atom. The molecule has 1 aromatic rings. The van der Waals surface area contributed by atoms with Gasteiger partial charge in [-0.1, -0.05) is 0 Å². The molecule has 0 aromatic carbocycles. The number of hydrogen-bond acceptors (Lipinski definition) is 4. The number of hydrogen-bond donors (Lipinski definition) is 2. The molecule has 104 valence electrons. The second-order valence-corrected chi connectivity index (χ2v) is 4.02. The predicted molar refractivity (Wildman–Crippen MR) is 72.9 cm³/mol. The molecule has 1 aromatic heterocycles. The number of nitrogens with zero attached hydrogens (tertiary/aromatic N) is 2. The lowest BCUT2D eigenvalue weighted by atomic mass is 10.2. The predicted octanol–water partition coefficient (Wildman–Crippen LogP) is 1.02. The number of carbonyl (C=O) groups is 1. The number of rotatable bonds is 7. The number of amides is 1. The summed E-state index contributed by atoms with van der Waals surface area (Å²) in [5, 5.41) is 6.92. The van der Waals surface area contributed by atoms with E-state index in [1.54, 1.807) is 24.1 Å². The number of carbonyl (C=O) groups excluding carboxylic acids is 1. The fourth-order valence-electron chi connectivity index (χ4n) is 1.30. The van der Waals surface area contributed by atoms with Crippen molar-refractivity contribution in [2.45, 2.75) is 32.4 Å². The minimum absolute atomic E-state index is 0. The molecule has 1 rings (SSSR count). The standard InChI is InChI=1S/C11H20N4O2.ClH/c1-9(12)3-4-11(16)13-10-5-6-15(14-10)7-8-17-2;/h5-6,9H,3-4,7-8,12H2,1-2H3,(H,13,14,16);1H. The van der Waals surface area contributed by atoms with Gasteiger partial charge in [0, 0.05) is 31.8 Å². The molecule has 0 saturated carbocycles. The molecule has 0 radical (unpaired) electrons. The molecule has 0 saturated heterocycles. The molecular weight excluding hydrogens is 256 g/mol. The van der Waals surface area contributed by atoms with Crippen LogP contribution in [0.25, 0.3) is 0 Å². The summed E-state index contributed by atoms with van der Waals surface area (Å²) in [6.45, 7) is 3.15. The maximum atomic E-state index is 11.5. The van der Waals surface area contributed by atoms with Gasteiger partial charge in [-0.2, -0.15) is 5.10 Å². The third kappa shape index (κ3) is 6.58. The molecule has 7 heteroatoms. The van der Waals surface area contributed by atoms with Crippen molar-refractivity contribution >= 4 is 24.1 Å². The smallest absolute Gasteiger partial charge is 0.225 e. The Morgan fingerprint density at radius 2 is 2.39 bits per heavy atom. The van der Waals surface area contributed by atoms with Gasteiger partial charge in [0.2, 0.25) is 5.91 Å². The van der Waals surface area contributed by atoms with Crippen LogP contribution in [0.5, 0.6) is 0 Å². The molecule has 0 aliphatic heterocycles. The molecule has 3 N–H and O–H groups in total. The quantitative estimate of drug-likeness (QED) is 0.779. The van der Waals surface area contributed by atoms with Crippen LogP contribution in [0, 0.1) is 0 Å². The molecule has 18 heavy (non-hydrogen) atoms. The zero-order valence-electron chi connectivity index (χ0n) is 10.8. The van der Waals surface area contributed by atoms with Gasteiger partial charge in [0.15, 0.2) is 5.82 Å². The molecule has 0 spiro atoms. The Kier molecular flexibility index (Phi) is 8.36. The average molecular weight is 277 g/mol. The zero-order valence-corrected chi connectivity index (χ0v) is 11.6. The van der Waals surface area contributed by atoms with Crippen molar-refractivity contribution in [1.82, 2.24) is 9.78 Å². The van der Waals surface area contributed by atoms with Gasteiger partial charge in [-0.3, -0.25) is 9.48 Å². The van der Waals surface area contributed by atoms with Crippen LogP contribution in [0.1, 0.15) is 19.8 Å². The van der Waals surface area contributed by atoms with Crippen molar-refractivity contribution in [3.8, 4) is 0 Å². The van der Waals surface area contributed by atoms with E-state index in [0.29, 0.717) is 31.8 Å². The van der Waals surface area contributed by atoms with Crippen molar-refractivity contribution in [2.24, 2.45) is 5.73 Å². The van der Waals surface area contributed by atoms with Gasteiger partial charge in [-0.25, -0.2) is 0 Å². The van der Waals surface area contributed by atoms with Gasteiger partial charge in [-0.15, -0.1) is 12.4 Å². The molecule has 0 bridgehead atoms. The van der Waals surface area contributed by atoms with Crippen molar-refractivity contribution < 1.29 is 9.53 Å². The third-order valence-corrected chi connectivity index (χ3v) is 2.26. The number of ether oxygens (including phenoxy) is 1. The van der Waals surface area contributed by atoms with Gasteiger partial charge in [-0.05, 0) is 13.3 Å². The van der Waals surface area contributed by atoms with E-state index in [2.05, 4.69) is 10.4 Å². The van der Waals surface area contributed by atoms with E-state index in [0.717, 1.165) is 0 Å². The monoisotopic (exact) mass is 276 g/mol. The first-order valence-corrected chi connectivity index (χ1v) is 5.69. The van der Waals surface area contributed by atoms with Crippen molar-refractivity contribution in [3.05, 3.63) is 12.3 Å². The van der Waals surface area contributed by atoms with Crippen LogP contribution in [-0.2, 0) is 16.1 Å². The normalized spacial score (nSPS) is 11.7. The van der Waals surface area contributed by atoms with Gasteiger partial charge >= 0.3 is 0 Å². The van der Waals surface area contributed by atoms with Crippen LogP contribution in [0.3, 0.4) is 0 Å². The van der Waals surface area contributed by atoms with Gasteiger partial charge in [0.25, 0.3) is 0 Å². The van der Waals surface area contributed by atoms with Gasteiger partial charge < -0.3 is 15.8 Å². The topological polar surface area (TPSA) is 82.2 Å². The van der Waals surface area contributed by atoms with Crippen LogP contribution in [0.2, 0.25) is 0 Å². The number of nitrogens with two attached hydrogens (primary N) is 1. The maximum Gasteiger partial charge on any atom is 0.225 e. The van der Waals surface area contributed by atoms with Gasteiger partial charge in [0.1, 0.15) is 0 Å². The Hall–Kier alpha value is -1.11. The van der Waals surface area contributed by atoms with Crippen molar-refractivity contribution in [2.75, 3.05) is 19.0 Å². The Morgan fingerprint density at radius 1 is 1.67 bits per heavy atom. The van der Waals surface area contributed by atoms with Crippen molar-refractivity contribution in [3.63, 3.8) is 0 Å². The summed E-state index contributed by atoms with van der Waals surface area (Å²) in [7, 11) is 1.64. The number of anilines is 1. The highest BCUT2D eigenvalue weighted by atomic mass is 35.5. The van der Waals surface area contributed by atoms with Crippen LogP contribution in [0.15, 0.2) is 12.3 Å². The SMILES string of the molecule is COCCn1ccc(NC(=O)CCC(C)N)n1.Cl. The van der Waals surface area contributed by atoms with Crippen LogP contribution in [0.4, 0.5) is 5.82 Å². The second kappa shape index (κ2) is 8.91. The fraction of sp³-hybridized carbons (Fsp3) is 0.636. The number of nitrogens with one attached hydrogen (secondary N) is 1. The van der Waals surface area contributed by atoms with Gasteiger partial charge in [0.05, 0.1) is 13.2 Å². The summed E-state index contributed by atoms with van der Waals surface area (Å²) in [5.41, 5.74) is 5.58. The van der Waals surface area contributed by atoms with E-state index in [1.807, 2.05) is 6.92 Å². The lowest BCUT2D eigenvalue weighted by molar-refractivity contribution is -0.116. The minimum Gasteiger partial charge on any atom is -0.383 e. The summed E-state index contributed by atoms with van der Waals surface area (Å²) < 4.78 is 6.67. The highest BCUT2D eigenvalue weighted by Gasteiger charge is 2.06. The number of methoxy groups -OCH3 is 1. The van der Waals surface area contributed by atoms with E-state index < -0.39 is 0 Å². The molecule has 0 aliphatic rings. The Balaban J connectivity index is 0.00000289. The van der Waals surface area contributed by atoms with Crippen molar-refractivity contribution in [1.29, 1.82) is 0 Å². The lowest BCUT2D eigenvalue weighted by Gasteiger charge is -2.04. The third-order valence-electron chi connectivity index (χ3n) is 2.26. The number of aromatic nitrogens is 2. The first kappa shape index (κ1) is 16.9. The zero-order chi connectivity index (χ0) is 12.7. The van der Waals surface area contributed by atoms with E-state index in [1.165, 1.54) is 0 Å². The lowest BCUT2D eigenvalue weighted by Crippen LogP contribution is -2.19. The maximum absolute atomic E-state index is 11.5. The molecule has 0 aliphatic carbocycles. The summed E-state index contributed by atoms with van der Waals surface area (Å²) >= 11 is 0. The highest BCUT2D eigenvalue weighted by Crippen LogP contribution is 2.04. The first-order valence-electron chi connectivity index (χ1n) is 5.69. The molecule has 1 atom stereocenters. The fourth-order valence-corrected chi connectivity index (χ4v) is 1.30. The molecule has 6 nitrogen and oxygen atoms in total. The summed E-state index contributed by atoms with van der Waals surface area (Å²) in [6.07, 6.45) is 2.90. The highest BCUT2D eigenvalue weighted by molar-refractivity contribution is 5.89. The molecule has 1 heterocycles. The molecular formula is C11H21ClN4O2. The minimum atomic E-state index is -0.0562. The van der Waals surface area contributed by atoms with Crippen LogP contribution >= 0.6 is 12.4 Å². The molecule has 1 unspecified atom stereocenters. The molecule has 1 amide bonds. The second-order valence-electron chi connectivity index (χ2n) is 4.02. The van der Waals surface area contributed by atoms with E-state index >= 15 is 0 Å². The Labute approximate surface area is 113 Å². The largest absolute Gasteiger partial charge is 0.383 e. The summed E-state index contributed by atoms with van der Waals surface area (Å²) in [4.78, 5) is 11.5. The molecule has 0 fully saturated rings. The van der Waals surface area contributed by atoms with Crippen LogP contribution in [-0.4, -0.2) is 35.4 Å². The first-order chi connectivity index (χ1) is 8.11. The summed E-state index contributed by atoms with van der Waals surface area (Å²) in [6, 6.07) is 1.81. The van der Waals surface area contributed by atoms with E-state index in [-0.39, 0.29) is 24.4 Å². The van der Waals surface area contributed by atoms with E-state index in [4.69, 9.17) is 10.5 Å². The Bertz CT molecular complexity index is 355. The van der Waals surface area contributed by atoms with Crippen LogP contribution < -0.4 is 11.1 Å². The summed E-state index contributed by atoms with van der Waals surface area (Å²) in [5.74, 6) is 0.509. The van der Waals surface area contributed by atoms with E-state index in [9.17, 15) is 4.79 Å².